The molecule has 6 heteroatoms. The minimum atomic E-state index is -0.0743. The summed E-state index contributed by atoms with van der Waals surface area (Å²) in [5.41, 5.74) is 0.714. The third-order valence-corrected chi connectivity index (χ3v) is 5.10. The second-order valence-electron chi connectivity index (χ2n) is 6.56. The molecule has 2 fully saturated rings. The third kappa shape index (κ3) is 4.20. The molecule has 24 heavy (non-hydrogen) atoms. The largest absolute Gasteiger partial charge is 0.343 e. The molecule has 130 valence electrons. The van der Waals surface area contributed by atoms with E-state index in [4.69, 9.17) is 11.6 Å². The minimum Gasteiger partial charge on any atom is -0.343 e. The summed E-state index contributed by atoms with van der Waals surface area (Å²) in [5, 5.41) is 3.55. The molecule has 2 aliphatic rings. The Hall–Kier alpha value is -1.75. The van der Waals surface area contributed by atoms with Gasteiger partial charge in [-0.3, -0.25) is 4.79 Å². The van der Waals surface area contributed by atoms with Gasteiger partial charge in [0, 0.05) is 42.8 Å². The smallest absolute Gasteiger partial charge is 0.322 e. The van der Waals surface area contributed by atoms with Crippen molar-refractivity contribution in [3.63, 3.8) is 0 Å². The van der Waals surface area contributed by atoms with Crippen LogP contribution >= 0.6 is 11.6 Å². The molecule has 1 aromatic rings. The van der Waals surface area contributed by atoms with E-state index >= 15 is 0 Å². The van der Waals surface area contributed by atoms with Gasteiger partial charge in [0.2, 0.25) is 5.91 Å². The summed E-state index contributed by atoms with van der Waals surface area (Å²) in [7, 11) is 0. The van der Waals surface area contributed by atoms with Crippen LogP contribution in [0.4, 0.5) is 10.5 Å². The molecular formula is C18H24ClN3O2. The Labute approximate surface area is 147 Å². The van der Waals surface area contributed by atoms with Crippen LogP contribution in [0.1, 0.15) is 38.5 Å². The lowest BCUT2D eigenvalue weighted by Crippen LogP contribution is -2.47. The Morgan fingerprint density at radius 1 is 1.25 bits per heavy atom. The van der Waals surface area contributed by atoms with Crippen LogP contribution in [0.15, 0.2) is 24.3 Å². The highest BCUT2D eigenvalue weighted by molar-refractivity contribution is 6.30. The van der Waals surface area contributed by atoms with Gasteiger partial charge in [-0.25, -0.2) is 4.79 Å². The van der Waals surface area contributed by atoms with Gasteiger partial charge in [-0.05, 0) is 50.3 Å². The van der Waals surface area contributed by atoms with E-state index in [0.29, 0.717) is 17.1 Å². The summed E-state index contributed by atoms with van der Waals surface area (Å²) in [4.78, 5) is 28.3. The number of nitrogens with zero attached hydrogens (tertiary/aromatic N) is 2. The topological polar surface area (TPSA) is 52.7 Å². The first kappa shape index (κ1) is 17.1. The van der Waals surface area contributed by atoms with Crippen molar-refractivity contribution in [3.05, 3.63) is 29.3 Å². The molecule has 0 radical (unpaired) electrons. The highest BCUT2D eigenvalue weighted by Gasteiger charge is 2.28. The summed E-state index contributed by atoms with van der Waals surface area (Å²) in [6, 6.07) is 7.33. The fraction of sp³-hybridized carbons (Fsp3) is 0.556. The number of carbonyl (C=O) groups is 2. The molecule has 1 N–H and O–H groups in total. The number of likely N-dealkylation sites (tertiary alicyclic amines) is 2. The van der Waals surface area contributed by atoms with Crippen molar-refractivity contribution < 1.29 is 9.59 Å². The zero-order chi connectivity index (χ0) is 16.9. The zero-order valence-corrected chi connectivity index (χ0v) is 14.6. The Kier molecular flexibility index (Phi) is 5.61. The van der Waals surface area contributed by atoms with Crippen molar-refractivity contribution in [2.75, 3.05) is 25.0 Å². The maximum absolute atomic E-state index is 12.6. The lowest BCUT2D eigenvalue weighted by Gasteiger charge is -2.36. The molecule has 5 nitrogen and oxygen atoms in total. The van der Waals surface area contributed by atoms with E-state index in [1.807, 2.05) is 21.9 Å². The third-order valence-electron chi connectivity index (χ3n) is 4.87. The molecule has 0 saturated carbocycles. The van der Waals surface area contributed by atoms with Gasteiger partial charge in [0.25, 0.3) is 0 Å². The van der Waals surface area contributed by atoms with E-state index < -0.39 is 0 Å². The molecule has 3 rings (SSSR count). The summed E-state index contributed by atoms with van der Waals surface area (Å²) < 4.78 is 0. The quantitative estimate of drug-likeness (QED) is 0.900. The average Bonchev–Trinajstić information content (AvgIpc) is 2.98. The predicted molar refractivity (Wildman–Crippen MR) is 95.2 cm³/mol. The number of hydrogen-bond donors (Lipinski definition) is 1. The van der Waals surface area contributed by atoms with Gasteiger partial charge in [0.1, 0.15) is 0 Å². The number of carbonyl (C=O) groups excluding carboxylic acids is 2. The van der Waals surface area contributed by atoms with Gasteiger partial charge in [-0.1, -0.05) is 17.7 Å². The van der Waals surface area contributed by atoms with Gasteiger partial charge in [-0.2, -0.15) is 0 Å². The minimum absolute atomic E-state index is 0.0743. The van der Waals surface area contributed by atoms with Gasteiger partial charge in [0.15, 0.2) is 0 Å². The van der Waals surface area contributed by atoms with Gasteiger partial charge >= 0.3 is 6.03 Å². The van der Waals surface area contributed by atoms with E-state index in [9.17, 15) is 9.59 Å². The number of amides is 3. The molecule has 2 saturated heterocycles. The summed E-state index contributed by atoms with van der Waals surface area (Å²) in [6.07, 6.45) is 5.66. The van der Waals surface area contributed by atoms with E-state index in [1.54, 1.807) is 12.1 Å². The molecule has 3 amide bonds. The fourth-order valence-electron chi connectivity index (χ4n) is 3.57. The molecular weight excluding hydrogens is 326 g/mol. The number of piperidine rings is 1. The first-order valence-corrected chi connectivity index (χ1v) is 9.12. The van der Waals surface area contributed by atoms with Crippen LogP contribution in [0, 0.1) is 0 Å². The fourth-order valence-corrected chi connectivity index (χ4v) is 3.77. The first-order chi connectivity index (χ1) is 11.6. The van der Waals surface area contributed by atoms with Crippen molar-refractivity contribution in [3.8, 4) is 0 Å². The van der Waals surface area contributed by atoms with E-state index in [1.165, 1.54) is 0 Å². The van der Waals surface area contributed by atoms with Crippen molar-refractivity contribution >= 4 is 29.2 Å². The zero-order valence-electron chi connectivity index (χ0n) is 13.8. The Morgan fingerprint density at radius 2 is 2.12 bits per heavy atom. The molecule has 1 atom stereocenters. The first-order valence-electron chi connectivity index (χ1n) is 8.74. The SMILES string of the molecule is O=C1CCCN1CC[C@@H]1CCCCN1C(=O)Nc1cccc(Cl)c1. The number of halogens is 1. The molecule has 0 aliphatic carbocycles. The van der Waals surface area contributed by atoms with Crippen molar-refractivity contribution in [1.29, 1.82) is 0 Å². The maximum Gasteiger partial charge on any atom is 0.322 e. The predicted octanol–water partition coefficient (Wildman–Crippen LogP) is 3.74. The monoisotopic (exact) mass is 349 g/mol. The maximum atomic E-state index is 12.6. The lowest BCUT2D eigenvalue weighted by molar-refractivity contribution is -0.127. The Balaban J connectivity index is 1.58. The summed E-state index contributed by atoms with van der Waals surface area (Å²) >= 11 is 5.98. The molecule has 0 unspecified atom stereocenters. The molecule has 2 heterocycles. The van der Waals surface area contributed by atoms with Crippen LogP contribution in [-0.2, 0) is 4.79 Å². The number of anilines is 1. The lowest BCUT2D eigenvalue weighted by atomic mass is 9.99. The number of nitrogens with one attached hydrogen (secondary N) is 1. The van der Waals surface area contributed by atoms with Crippen LogP contribution in [0.3, 0.4) is 0 Å². The highest BCUT2D eigenvalue weighted by atomic mass is 35.5. The van der Waals surface area contributed by atoms with Gasteiger partial charge in [-0.15, -0.1) is 0 Å². The normalized spacial score (nSPS) is 21.2. The number of urea groups is 1. The van der Waals surface area contributed by atoms with Crippen molar-refractivity contribution in [2.24, 2.45) is 0 Å². The van der Waals surface area contributed by atoms with Crippen LogP contribution in [0.2, 0.25) is 5.02 Å². The highest BCUT2D eigenvalue weighted by Crippen LogP contribution is 2.23. The van der Waals surface area contributed by atoms with Crippen molar-refractivity contribution in [1.82, 2.24) is 9.80 Å². The standard InChI is InChI=1S/C18H24ClN3O2/c19-14-5-3-6-15(13-14)20-18(24)22-11-2-1-7-16(22)9-12-21-10-4-8-17(21)23/h3,5-6,13,16H,1-2,4,7-12H2,(H,20,24)/t16-/m0/s1. The van der Waals surface area contributed by atoms with Crippen LogP contribution in [0.5, 0.6) is 0 Å². The van der Waals surface area contributed by atoms with E-state index in [-0.39, 0.29) is 18.0 Å². The van der Waals surface area contributed by atoms with Crippen LogP contribution in [-0.4, -0.2) is 47.4 Å². The van der Waals surface area contributed by atoms with Crippen molar-refractivity contribution in [2.45, 2.75) is 44.6 Å². The number of hydrogen-bond acceptors (Lipinski definition) is 2. The number of benzene rings is 1. The number of rotatable bonds is 4. The second-order valence-corrected chi connectivity index (χ2v) is 6.99. The molecule has 0 bridgehead atoms. The summed E-state index contributed by atoms with van der Waals surface area (Å²) in [6.45, 7) is 2.38. The van der Waals surface area contributed by atoms with Gasteiger partial charge in [0.05, 0.1) is 0 Å². The van der Waals surface area contributed by atoms with E-state index in [0.717, 1.165) is 51.7 Å². The average molecular weight is 350 g/mol. The Bertz CT molecular complexity index is 608. The molecule has 0 spiro atoms. The Morgan fingerprint density at radius 3 is 2.88 bits per heavy atom. The second kappa shape index (κ2) is 7.88. The van der Waals surface area contributed by atoms with Crippen LogP contribution < -0.4 is 5.32 Å². The summed E-state index contributed by atoms with van der Waals surface area (Å²) in [5.74, 6) is 0.251. The van der Waals surface area contributed by atoms with E-state index in [2.05, 4.69) is 5.32 Å². The van der Waals surface area contributed by atoms with Gasteiger partial charge < -0.3 is 15.1 Å². The molecule has 1 aromatic carbocycles. The molecule has 0 aromatic heterocycles. The van der Waals surface area contributed by atoms with Crippen LogP contribution in [0.25, 0.3) is 0 Å². The molecule has 2 aliphatic heterocycles.